The van der Waals surface area contributed by atoms with Gasteiger partial charge in [0.2, 0.25) is 0 Å². The summed E-state index contributed by atoms with van der Waals surface area (Å²) in [6.07, 6.45) is -3.95. The molecule has 0 aliphatic carbocycles. The number of ketones is 1. The first-order valence-electron chi connectivity index (χ1n) is 16.3. The SMILES string of the molecule is CO[C@@H]1[C@H](O)[C@@H](C)O[C@@H](OC[C@H]2[C@@H]3O[C@@H]3/C=C/C(=O)[C@@](C)(O)CC[C@H](O[C@@H]3O[C@H](C)C[C@H](O)[C@H]3O)[C@@H](C)/C=C/C(=O)O[C@@H]2C)[C@@H]1OC. The van der Waals surface area contributed by atoms with E-state index >= 15 is 0 Å². The first-order chi connectivity index (χ1) is 22.2. The van der Waals surface area contributed by atoms with Crippen LogP contribution >= 0.6 is 0 Å². The Hall–Kier alpha value is -1.82. The van der Waals surface area contributed by atoms with E-state index in [1.807, 2.05) is 0 Å². The minimum absolute atomic E-state index is 0.00445. The molecule has 14 nitrogen and oxygen atoms in total. The summed E-state index contributed by atoms with van der Waals surface area (Å²) >= 11 is 0. The van der Waals surface area contributed by atoms with Crippen molar-refractivity contribution < 1.29 is 67.9 Å². The van der Waals surface area contributed by atoms with Gasteiger partial charge in [0.15, 0.2) is 18.4 Å². The number of hydrogen-bond donors (Lipinski definition) is 4. The molecule has 4 aliphatic rings. The highest BCUT2D eigenvalue weighted by Crippen LogP contribution is 2.36. The largest absolute Gasteiger partial charge is 0.459 e. The van der Waals surface area contributed by atoms with Crippen LogP contribution < -0.4 is 0 Å². The second-order valence-corrected chi connectivity index (χ2v) is 13.3. The number of epoxide rings is 1. The van der Waals surface area contributed by atoms with Gasteiger partial charge in [0.05, 0.1) is 37.1 Å². The molecule has 0 spiro atoms. The van der Waals surface area contributed by atoms with E-state index in [2.05, 4.69) is 0 Å². The van der Waals surface area contributed by atoms with Gasteiger partial charge in [0, 0.05) is 38.6 Å². The topological polar surface area (TPSA) is 192 Å². The Labute approximate surface area is 275 Å². The molecule has 0 aromatic carbocycles. The number of carbonyl (C=O) groups is 2. The lowest BCUT2D eigenvalue weighted by Gasteiger charge is -2.42. The number of ether oxygens (including phenoxy) is 8. The van der Waals surface area contributed by atoms with E-state index in [9.17, 15) is 30.0 Å². The Morgan fingerprint density at radius 3 is 2.28 bits per heavy atom. The van der Waals surface area contributed by atoms with Crippen LogP contribution in [0.15, 0.2) is 24.3 Å². The van der Waals surface area contributed by atoms with Gasteiger partial charge in [-0.3, -0.25) is 4.79 Å². The number of aliphatic hydroxyl groups excluding tert-OH is 3. The standard InChI is InChI=1S/C33H52O14/c1-16-8-11-25(36)44-18(3)20(15-42-32-30(41-7)29(40-6)26(37)19(4)45-32)28-23(46-28)9-10-24(35)33(5,39)13-12-22(16)47-31-27(38)21(34)14-17(2)43-31/h8-11,16-23,26-32,34,37-39H,12-15H2,1-7H3/b10-9+,11-8+/t16-,17+,18+,19+,20+,21-,22-,23+,26+,27+,28-,29+,30+,31-,32+,33-/m0/s1. The Balaban J connectivity index is 1.52. The zero-order valence-electron chi connectivity index (χ0n) is 28.2. The highest BCUT2D eigenvalue weighted by Gasteiger charge is 2.49. The van der Waals surface area contributed by atoms with Gasteiger partial charge in [-0.1, -0.05) is 13.0 Å². The molecular formula is C33H52O14. The lowest BCUT2D eigenvalue weighted by atomic mass is 9.89. The van der Waals surface area contributed by atoms with Gasteiger partial charge in [0.1, 0.15) is 42.2 Å². The molecule has 4 heterocycles. The summed E-state index contributed by atoms with van der Waals surface area (Å²) in [7, 11) is 2.93. The molecule has 0 unspecified atom stereocenters. The van der Waals surface area contributed by atoms with Crippen molar-refractivity contribution in [2.75, 3.05) is 20.8 Å². The van der Waals surface area contributed by atoms with Crippen molar-refractivity contribution in [2.45, 2.75) is 139 Å². The minimum Gasteiger partial charge on any atom is -0.459 e. The van der Waals surface area contributed by atoms with Crippen LogP contribution in [0.1, 0.15) is 53.9 Å². The fourth-order valence-corrected chi connectivity index (χ4v) is 6.32. The van der Waals surface area contributed by atoms with Crippen LogP contribution in [-0.2, 0) is 47.5 Å². The molecule has 268 valence electrons. The van der Waals surface area contributed by atoms with Gasteiger partial charge >= 0.3 is 5.97 Å². The molecule has 4 rings (SSSR count). The van der Waals surface area contributed by atoms with E-state index in [4.69, 9.17) is 37.9 Å². The Kier molecular flexibility index (Phi) is 13.1. The molecule has 0 aromatic rings. The van der Waals surface area contributed by atoms with Crippen LogP contribution in [0.3, 0.4) is 0 Å². The maximum Gasteiger partial charge on any atom is 0.330 e. The van der Waals surface area contributed by atoms with Crippen LogP contribution in [0.5, 0.6) is 0 Å². The Bertz CT molecular complexity index is 1110. The molecule has 16 atom stereocenters. The van der Waals surface area contributed by atoms with E-state index < -0.39 is 103 Å². The molecular weight excluding hydrogens is 620 g/mol. The fourth-order valence-electron chi connectivity index (χ4n) is 6.32. The van der Waals surface area contributed by atoms with Crippen molar-refractivity contribution in [1.29, 1.82) is 0 Å². The molecule has 0 aromatic heterocycles. The monoisotopic (exact) mass is 672 g/mol. The minimum atomic E-state index is -1.75. The molecule has 0 radical (unpaired) electrons. The third kappa shape index (κ3) is 9.45. The zero-order chi connectivity index (χ0) is 34.6. The van der Waals surface area contributed by atoms with Gasteiger partial charge in [-0.25, -0.2) is 4.79 Å². The van der Waals surface area contributed by atoms with E-state index in [1.54, 1.807) is 39.8 Å². The Morgan fingerprint density at radius 2 is 1.60 bits per heavy atom. The highest BCUT2D eigenvalue weighted by molar-refractivity contribution is 5.96. The van der Waals surface area contributed by atoms with Crippen molar-refractivity contribution >= 4 is 11.8 Å². The number of cyclic esters (lactones) is 1. The molecule has 14 heteroatoms. The van der Waals surface area contributed by atoms with Crippen molar-refractivity contribution in [3.05, 3.63) is 24.3 Å². The van der Waals surface area contributed by atoms with Crippen molar-refractivity contribution in [3.8, 4) is 0 Å². The van der Waals surface area contributed by atoms with E-state index in [-0.39, 0.29) is 32.0 Å². The first-order valence-corrected chi connectivity index (χ1v) is 16.3. The summed E-state index contributed by atoms with van der Waals surface area (Å²) in [4.78, 5) is 26.1. The molecule has 47 heavy (non-hydrogen) atoms. The predicted molar refractivity (Wildman–Crippen MR) is 164 cm³/mol. The van der Waals surface area contributed by atoms with E-state index in [0.717, 1.165) is 0 Å². The van der Waals surface area contributed by atoms with E-state index in [1.165, 1.54) is 33.3 Å². The number of aliphatic hydroxyl groups is 4. The van der Waals surface area contributed by atoms with Crippen molar-refractivity contribution in [1.82, 2.24) is 0 Å². The summed E-state index contributed by atoms with van der Waals surface area (Å²) in [5.41, 5.74) is -1.75. The van der Waals surface area contributed by atoms with Crippen molar-refractivity contribution in [3.63, 3.8) is 0 Å². The fraction of sp³-hybridized carbons (Fsp3) is 0.818. The summed E-state index contributed by atoms with van der Waals surface area (Å²) in [6.45, 7) is 8.39. The maximum absolute atomic E-state index is 13.1. The number of esters is 1. The molecule has 3 fully saturated rings. The zero-order valence-corrected chi connectivity index (χ0v) is 28.2. The smallest absolute Gasteiger partial charge is 0.330 e. The molecule has 3 saturated heterocycles. The lowest BCUT2D eigenvalue weighted by molar-refractivity contribution is -0.305. The van der Waals surface area contributed by atoms with Gasteiger partial charge in [0.25, 0.3) is 0 Å². The first kappa shape index (κ1) is 38.0. The third-order valence-corrected chi connectivity index (χ3v) is 9.57. The van der Waals surface area contributed by atoms with Gasteiger partial charge in [-0.2, -0.15) is 0 Å². The van der Waals surface area contributed by atoms with Gasteiger partial charge < -0.3 is 58.3 Å². The maximum atomic E-state index is 13.1. The van der Waals surface area contributed by atoms with Gasteiger partial charge in [-0.15, -0.1) is 0 Å². The number of fused-ring (bicyclic) bond motifs is 1. The quantitative estimate of drug-likeness (QED) is 0.217. The number of rotatable bonds is 7. The highest BCUT2D eigenvalue weighted by atomic mass is 16.7. The molecule has 4 aliphatic heterocycles. The molecule has 0 bridgehead atoms. The summed E-state index contributed by atoms with van der Waals surface area (Å²) in [5.74, 6) is -2.09. The summed E-state index contributed by atoms with van der Waals surface area (Å²) < 4.78 is 46.5. The Morgan fingerprint density at radius 1 is 0.894 bits per heavy atom. The number of methoxy groups -OCH3 is 2. The second kappa shape index (κ2) is 16.3. The summed E-state index contributed by atoms with van der Waals surface area (Å²) in [5, 5.41) is 42.4. The van der Waals surface area contributed by atoms with Crippen LogP contribution in [0.25, 0.3) is 0 Å². The third-order valence-electron chi connectivity index (χ3n) is 9.57. The molecule has 0 amide bonds. The number of carbonyl (C=O) groups excluding carboxylic acids is 2. The molecule has 0 saturated carbocycles. The van der Waals surface area contributed by atoms with Gasteiger partial charge in [-0.05, 0) is 52.7 Å². The lowest BCUT2D eigenvalue weighted by Crippen LogP contribution is -2.59. The van der Waals surface area contributed by atoms with Crippen LogP contribution in [0.2, 0.25) is 0 Å². The summed E-state index contributed by atoms with van der Waals surface area (Å²) in [6, 6.07) is 0. The van der Waals surface area contributed by atoms with Crippen LogP contribution in [-0.4, -0.2) is 138 Å². The predicted octanol–water partition coefficient (Wildman–Crippen LogP) is 0.558. The van der Waals surface area contributed by atoms with E-state index in [0.29, 0.717) is 0 Å². The van der Waals surface area contributed by atoms with Crippen LogP contribution in [0, 0.1) is 11.8 Å². The molecule has 4 N–H and O–H groups in total. The average Bonchev–Trinajstić information content (AvgIpc) is 3.78. The van der Waals surface area contributed by atoms with Crippen LogP contribution in [0.4, 0.5) is 0 Å². The number of hydrogen-bond acceptors (Lipinski definition) is 14. The normalized spacial score (nSPS) is 48.3. The average molecular weight is 673 g/mol. The second-order valence-electron chi connectivity index (χ2n) is 13.3. The van der Waals surface area contributed by atoms with Crippen molar-refractivity contribution in [2.24, 2.45) is 11.8 Å².